The number of methoxy groups -OCH3 is 1. The van der Waals surface area contributed by atoms with Crippen LogP contribution in [-0.2, 0) is 34.7 Å². The molecule has 1 aromatic carbocycles. The van der Waals surface area contributed by atoms with Crippen LogP contribution in [0.25, 0.3) is 0 Å². The number of carbonyl (C=O) groups is 1. The van der Waals surface area contributed by atoms with Crippen LogP contribution in [0.5, 0.6) is 11.6 Å². The van der Waals surface area contributed by atoms with Gasteiger partial charge in [-0.25, -0.2) is 4.98 Å². The Hall–Kier alpha value is -2.06. The van der Waals surface area contributed by atoms with Crippen molar-refractivity contribution in [3.63, 3.8) is 0 Å². The van der Waals surface area contributed by atoms with Gasteiger partial charge in [-0.2, -0.15) is 13.2 Å². The van der Waals surface area contributed by atoms with Crippen molar-refractivity contribution >= 4 is 39.7 Å². The number of carbonyl (C=O) groups excluding carboxylic acids is 1. The summed E-state index contributed by atoms with van der Waals surface area (Å²) in [6.45, 7) is 0.238. The molecule has 0 bridgehead atoms. The number of ether oxygens (including phenoxy) is 2. The topological polar surface area (TPSA) is 77.5 Å². The van der Waals surface area contributed by atoms with Gasteiger partial charge < -0.3 is 14.8 Å². The molecule has 2 aliphatic rings. The predicted molar refractivity (Wildman–Crippen MR) is 121 cm³/mol. The average molecular weight is 591 g/mol. The number of amides is 1. The van der Waals surface area contributed by atoms with Crippen LogP contribution in [0.15, 0.2) is 48.0 Å². The van der Waals surface area contributed by atoms with E-state index in [4.69, 9.17) is 9.47 Å². The Kier molecular flexibility index (Phi) is 10.7. The SMILES string of the molecule is COc1cc(CNC(=O)C2Cc3cc(C(F)(F)F)ccc3O2)ccn1.O=S1C=CCC1.[CH3][Sb]. The molecule has 2 radical (unpaired) electrons. The molecule has 0 aliphatic carbocycles. The van der Waals surface area contributed by atoms with Gasteiger partial charge >= 0.3 is 34.1 Å². The first-order chi connectivity index (χ1) is 15.8. The van der Waals surface area contributed by atoms with Gasteiger partial charge in [-0.05, 0) is 47.2 Å². The van der Waals surface area contributed by atoms with Crippen molar-refractivity contribution < 1.29 is 31.6 Å². The molecule has 6 nitrogen and oxygen atoms in total. The minimum atomic E-state index is -4.42. The molecule has 2 aliphatic heterocycles. The van der Waals surface area contributed by atoms with Crippen LogP contribution in [0.4, 0.5) is 13.2 Å². The number of alkyl halides is 3. The van der Waals surface area contributed by atoms with Crippen molar-refractivity contribution in [2.75, 3.05) is 12.9 Å². The fourth-order valence-electron chi connectivity index (χ4n) is 2.97. The maximum atomic E-state index is 12.7. The summed E-state index contributed by atoms with van der Waals surface area (Å²) in [5.41, 5.74) is 0.412. The third kappa shape index (κ3) is 8.34. The van der Waals surface area contributed by atoms with E-state index in [1.165, 1.54) is 13.2 Å². The van der Waals surface area contributed by atoms with Gasteiger partial charge in [-0.15, -0.1) is 0 Å². The van der Waals surface area contributed by atoms with Gasteiger partial charge in [0.05, 0.1) is 12.7 Å². The van der Waals surface area contributed by atoms with Crippen molar-refractivity contribution in [3.8, 4) is 11.6 Å². The second kappa shape index (κ2) is 13.0. The number of aromatic nitrogens is 1. The molecule has 0 saturated carbocycles. The molecule has 2 unspecified atom stereocenters. The first-order valence-corrected chi connectivity index (χ1v) is 13.8. The zero-order chi connectivity index (χ0) is 24.4. The molecular weight excluding hydrogens is 567 g/mol. The van der Waals surface area contributed by atoms with Crippen molar-refractivity contribution in [1.29, 1.82) is 0 Å². The Morgan fingerprint density at radius 2 is 2.06 bits per heavy atom. The van der Waals surface area contributed by atoms with E-state index in [-0.39, 0.29) is 18.9 Å². The number of allylic oxidation sites excluding steroid dienone is 1. The van der Waals surface area contributed by atoms with Gasteiger partial charge in [0.2, 0.25) is 5.88 Å². The Balaban J connectivity index is 0.000000411. The third-order valence-corrected chi connectivity index (χ3v) is 5.70. The predicted octanol–water partition coefficient (Wildman–Crippen LogP) is 3.58. The minimum absolute atomic E-state index is 0.102. The van der Waals surface area contributed by atoms with E-state index < -0.39 is 28.6 Å². The molecule has 2 atom stereocenters. The second-order valence-electron chi connectivity index (χ2n) is 6.80. The van der Waals surface area contributed by atoms with E-state index in [1.807, 2.05) is 6.08 Å². The van der Waals surface area contributed by atoms with E-state index in [1.54, 1.807) is 46.8 Å². The van der Waals surface area contributed by atoms with Crippen LogP contribution in [0, 0.1) is 0 Å². The molecule has 1 aromatic heterocycles. The van der Waals surface area contributed by atoms with Gasteiger partial charge in [0, 0.05) is 41.8 Å². The number of nitrogens with zero attached hydrogens (tertiary/aromatic N) is 1. The van der Waals surface area contributed by atoms with E-state index in [9.17, 15) is 22.2 Å². The molecule has 0 spiro atoms. The van der Waals surface area contributed by atoms with Crippen molar-refractivity contribution in [2.24, 2.45) is 0 Å². The number of hydrogen-bond donors (Lipinski definition) is 1. The molecule has 178 valence electrons. The number of halogens is 3. The fraction of sp³-hybridized carbons (Fsp3) is 0.364. The summed E-state index contributed by atoms with van der Waals surface area (Å²) < 4.78 is 59.0. The Morgan fingerprint density at radius 3 is 2.64 bits per heavy atom. The molecule has 0 fully saturated rings. The molecule has 4 rings (SSSR count). The van der Waals surface area contributed by atoms with Crippen LogP contribution in [0.3, 0.4) is 0 Å². The van der Waals surface area contributed by atoms with Gasteiger partial charge in [-0.3, -0.25) is 9.00 Å². The first-order valence-electron chi connectivity index (χ1n) is 9.88. The standard InChI is InChI=1S/C17H15F3N2O3.C4H6OS.CH3.Sb/c1-24-15-6-10(4-5-21-15)9-22-16(23)14-8-11-7-12(17(18,19)20)2-3-13(11)25-14;5-6-3-1-2-4-6;;/h2-7,14H,8-9H2,1H3,(H,22,23);1,3H,2,4H2;1H3;. The van der Waals surface area contributed by atoms with Crippen LogP contribution in [0.2, 0.25) is 4.87 Å². The second-order valence-corrected chi connectivity index (χ2v) is 8.24. The van der Waals surface area contributed by atoms with Gasteiger partial charge in [-0.1, -0.05) is 6.08 Å². The number of hydrogen-bond acceptors (Lipinski definition) is 5. The number of pyridine rings is 1. The van der Waals surface area contributed by atoms with Crippen molar-refractivity contribution in [3.05, 3.63) is 64.7 Å². The van der Waals surface area contributed by atoms with Gasteiger partial charge in [0.15, 0.2) is 6.10 Å². The van der Waals surface area contributed by atoms with Crippen LogP contribution < -0.4 is 14.8 Å². The molecule has 11 heteroatoms. The summed E-state index contributed by atoms with van der Waals surface area (Å²) in [5, 5.41) is 4.45. The van der Waals surface area contributed by atoms with Crippen LogP contribution in [-0.4, -0.2) is 57.1 Å². The first kappa shape index (κ1) is 27.2. The monoisotopic (exact) mass is 590 g/mol. The Morgan fingerprint density at radius 1 is 1.30 bits per heavy atom. The zero-order valence-electron chi connectivity index (χ0n) is 18.1. The molecule has 3 heterocycles. The summed E-state index contributed by atoms with van der Waals surface area (Å²) in [7, 11) is 0.886. The normalized spacial score (nSPS) is 18.1. The Bertz CT molecular complexity index is 1000. The quantitative estimate of drug-likeness (QED) is 0.551. The summed E-state index contributed by atoms with van der Waals surface area (Å²) >= 11 is 1.75. The van der Waals surface area contributed by atoms with Gasteiger partial charge in [0.25, 0.3) is 5.91 Å². The van der Waals surface area contributed by atoms with Crippen molar-refractivity contribution in [2.45, 2.75) is 36.5 Å². The molecule has 1 amide bonds. The number of fused-ring (bicyclic) bond motifs is 1. The number of benzene rings is 1. The number of rotatable bonds is 4. The summed E-state index contributed by atoms with van der Waals surface area (Å²) in [6, 6.07) is 6.63. The van der Waals surface area contributed by atoms with Crippen LogP contribution >= 0.6 is 0 Å². The molecule has 1 N–H and O–H groups in total. The summed E-state index contributed by atoms with van der Waals surface area (Å²) in [4.78, 5) is 18.2. The van der Waals surface area contributed by atoms with E-state index in [0.717, 1.165) is 29.9 Å². The Labute approximate surface area is 206 Å². The molecule has 0 saturated heterocycles. The number of nitrogens with one attached hydrogen (secondary N) is 1. The van der Waals surface area contributed by atoms with Crippen molar-refractivity contribution in [1.82, 2.24) is 10.3 Å². The summed E-state index contributed by atoms with van der Waals surface area (Å²) in [5.74, 6) is 1.19. The van der Waals surface area contributed by atoms with E-state index in [2.05, 4.69) is 15.2 Å². The molecular formula is C22H24F3N2O4SSb. The van der Waals surface area contributed by atoms with Gasteiger partial charge in [0.1, 0.15) is 5.75 Å². The fourth-order valence-corrected chi connectivity index (χ4v) is 3.83. The average Bonchev–Trinajstić information content (AvgIpc) is 3.47. The summed E-state index contributed by atoms with van der Waals surface area (Å²) in [6.07, 6.45) is -0.647. The van der Waals surface area contributed by atoms with Crippen LogP contribution in [0.1, 0.15) is 23.1 Å². The van der Waals surface area contributed by atoms with E-state index in [0.29, 0.717) is 17.2 Å². The third-order valence-electron chi connectivity index (χ3n) is 4.56. The molecule has 2 aromatic rings. The maximum absolute atomic E-state index is 12.7. The zero-order valence-corrected chi connectivity index (χ0v) is 21.5. The van der Waals surface area contributed by atoms with E-state index >= 15 is 0 Å². The molecule has 33 heavy (non-hydrogen) atoms.